The highest BCUT2D eigenvalue weighted by Crippen LogP contribution is 2.32. The zero-order valence-electron chi connectivity index (χ0n) is 16.7. The summed E-state index contributed by atoms with van der Waals surface area (Å²) in [6, 6.07) is 16.0. The Morgan fingerprint density at radius 1 is 0.906 bits per heavy atom. The average Bonchev–Trinajstić information content (AvgIpc) is 3.43. The molecule has 0 aliphatic heterocycles. The van der Waals surface area contributed by atoms with Crippen molar-refractivity contribution in [2.75, 3.05) is 5.73 Å². The number of nitrogens with two attached hydrogens (primary N) is 1. The van der Waals surface area contributed by atoms with Gasteiger partial charge in [0.15, 0.2) is 5.82 Å². The lowest BCUT2D eigenvalue weighted by molar-refractivity contribution is 0.628. The lowest BCUT2D eigenvalue weighted by atomic mass is 10.0. The van der Waals surface area contributed by atoms with Crippen LogP contribution in [-0.2, 0) is 0 Å². The smallest absolute Gasteiger partial charge is 0.159 e. The molecule has 0 saturated carbocycles. The third-order valence-electron chi connectivity index (χ3n) is 5.40. The number of nitrogens with zero attached hydrogens (tertiary/aromatic N) is 4. The number of hydrogen-bond donors (Lipinski definition) is 3. The summed E-state index contributed by atoms with van der Waals surface area (Å²) in [7, 11) is 0. The number of H-pyrrole nitrogens is 2. The Kier molecular flexibility index (Phi) is 3.97. The molecule has 4 heterocycles. The molecule has 154 valence electrons. The summed E-state index contributed by atoms with van der Waals surface area (Å²) in [5, 5.41) is 8.37. The Balaban J connectivity index is 1.50. The first kappa shape index (κ1) is 18.2. The van der Waals surface area contributed by atoms with E-state index in [0.29, 0.717) is 17.2 Å². The van der Waals surface area contributed by atoms with Crippen LogP contribution >= 0.6 is 0 Å². The SMILES string of the molecule is Nc1cncc(-c2cc3c(-c4nc5cccc(-c6ccc(F)cc6)c5[nH]4)n[nH]c3cn2)c1. The number of benzene rings is 2. The van der Waals surface area contributed by atoms with E-state index in [1.165, 1.54) is 12.1 Å². The fourth-order valence-corrected chi connectivity index (χ4v) is 3.87. The molecule has 0 bridgehead atoms. The molecule has 0 aliphatic carbocycles. The Morgan fingerprint density at radius 3 is 2.62 bits per heavy atom. The molecule has 6 rings (SSSR count). The van der Waals surface area contributed by atoms with Crippen LogP contribution in [0.4, 0.5) is 10.1 Å². The predicted molar refractivity (Wildman–Crippen MR) is 122 cm³/mol. The van der Waals surface area contributed by atoms with Crippen molar-refractivity contribution in [1.29, 1.82) is 0 Å². The van der Waals surface area contributed by atoms with Crippen molar-refractivity contribution in [3.05, 3.63) is 79.0 Å². The molecule has 0 aliphatic rings. The van der Waals surface area contributed by atoms with Gasteiger partial charge in [-0.15, -0.1) is 0 Å². The zero-order chi connectivity index (χ0) is 21.7. The number of nitrogen functional groups attached to an aromatic ring is 1. The second-order valence-corrected chi connectivity index (χ2v) is 7.49. The van der Waals surface area contributed by atoms with Crippen LogP contribution in [0, 0.1) is 5.82 Å². The predicted octanol–water partition coefficient (Wildman–Crippen LogP) is 4.95. The number of para-hydroxylation sites is 1. The number of rotatable bonds is 3. The maximum absolute atomic E-state index is 13.4. The van der Waals surface area contributed by atoms with Gasteiger partial charge in [0.2, 0.25) is 0 Å². The maximum Gasteiger partial charge on any atom is 0.159 e. The minimum atomic E-state index is -0.269. The summed E-state index contributed by atoms with van der Waals surface area (Å²) in [4.78, 5) is 16.8. The normalized spacial score (nSPS) is 11.4. The lowest BCUT2D eigenvalue weighted by Gasteiger charge is -2.03. The number of imidazole rings is 1. The highest BCUT2D eigenvalue weighted by Gasteiger charge is 2.16. The first-order valence-corrected chi connectivity index (χ1v) is 9.96. The summed E-state index contributed by atoms with van der Waals surface area (Å²) < 4.78 is 13.4. The molecule has 0 saturated heterocycles. The third-order valence-corrected chi connectivity index (χ3v) is 5.40. The highest BCUT2D eigenvalue weighted by atomic mass is 19.1. The number of halogens is 1. The van der Waals surface area contributed by atoms with E-state index in [4.69, 9.17) is 10.7 Å². The number of nitrogens with one attached hydrogen (secondary N) is 2. The molecule has 0 amide bonds. The number of aromatic nitrogens is 6. The fourth-order valence-electron chi connectivity index (χ4n) is 3.87. The molecule has 0 radical (unpaired) electrons. The summed E-state index contributed by atoms with van der Waals surface area (Å²) >= 11 is 0. The Hall–Kier alpha value is -4.59. The first-order chi connectivity index (χ1) is 15.7. The van der Waals surface area contributed by atoms with E-state index in [1.807, 2.05) is 30.3 Å². The molecular formula is C24H16FN7. The van der Waals surface area contributed by atoms with E-state index in [1.54, 1.807) is 30.7 Å². The zero-order valence-corrected chi connectivity index (χ0v) is 16.7. The Labute approximate surface area is 181 Å². The minimum absolute atomic E-state index is 0.269. The highest BCUT2D eigenvalue weighted by molar-refractivity contribution is 5.97. The van der Waals surface area contributed by atoms with Gasteiger partial charge in [0.25, 0.3) is 0 Å². The van der Waals surface area contributed by atoms with Crippen LogP contribution in [0.1, 0.15) is 0 Å². The van der Waals surface area contributed by atoms with E-state index in [2.05, 4.69) is 25.1 Å². The van der Waals surface area contributed by atoms with E-state index in [-0.39, 0.29) is 5.82 Å². The number of pyridine rings is 2. The monoisotopic (exact) mass is 421 g/mol. The first-order valence-electron chi connectivity index (χ1n) is 9.96. The van der Waals surface area contributed by atoms with Crippen molar-refractivity contribution < 1.29 is 4.39 Å². The van der Waals surface area contributed by atoms with Crippen molar-refractivity contribution in [3.63, 3.8) is 0 Å². The molecule has 4 N–H and O–H groups in total. The van der Waals surface area contributed by atoms with Crippen LogP contribution in [0.25, 0.3) is 55.8 Å². The van der Waals surface area contributed by atoms with E-state index in [0.717, 1.165) is 44.3 Å². The molecule has 0 spiro atoms. The van der Waals surface area contributed by atoms with E-state index in [9.17, 15) is 4.39 Å². The molecule has 8 heteroatoms. The van der Waals surface area contributed by atoms with Gasteiger partial charge >= 0.3 is 0 Å². The van der Waals surface area contributed by atoms with E-state index >= 15 is 0 Å². The van der Waals surface area contributed by atoms with Crippen molar-refractivity contribution in [3.8, 4) is 33.9 Å². The minimum Gasteiger partial charge on any atom is -0.397 e. The van der Waals surface area contributed by atoms with Crippen molar-refractivity contribution >= 4 is 27.6 Å². The van der Waals surface area contributed by atoms with Gasteiger partial charge in [0.1, 0.15) is 11.5 Å². The van der Waals surface area contributed by atoms with Gasteiger partial charge in [-0.05, 0) is 35.9 Å². The standard InChI is InChI=1S/C24H16FN7/c25-15-6-4-13(5-7-15)17-2-1-3-19-22(17)30-24(29-19)23-18-9-20(28-12-21(18)31-32-23)14-8-16(26)11-27-10-14/h1-12H,26H2,(H,29,30)(H,31,32). The summed E-state index contributed by atoms with van der Waals surface area (Å²) in [5.74, 6) is 0.359. The lowest BCUT2D eigenvalue weighted by Crippen LogP contribution is -1.90. The Bertz CT molecular complexity index is 1600. The molecule has 2 aromatic carbocycles. The van der Waals surface area contributed by atoms with Crippen LogP contribution in [0.5, 0.6) is 0 Å². The maximum atomic E-state index is 13.4. The molecule has 7 nitrogen and oxygen atoms in total. The van der Waals surface area contributed by atoms with Crippen LogP contribution in [0.3, 0.4) is 0 Å². The number of hydrogen-bond acceptors (Lipinski definition) is 5. The number of fused-ring (bicyclic) bond motifs is 2. The quantitative estimate of drug-likeness (QED) is 0.374. The second kappa shape index (κ2) is 6.98. The van der Waals surface area contributed by atoms with Crippen LogP contribution < -0.4 is 5.73 Å². The fraction of sp³-hybridized carbons (Fsp3) is 0. The third kappa shape index (κ3) is 2.97. The van der Waals surface area contributed by atoms with Gasteiger partial charge < -0.3 is 10.7 Å². The molecule has 6 aromatic rings. The molecule has 0 fully saturated rings. The molecule has 0 atom stereocenters. The average molecular weight is 421 g/mol. The molecule has 4 aromatic heterocycles. The molecular weight excluding hydrogens is 405 g/mol. The Morgan fingerprint density at radius 2 is 1.78 bits per heavy atom. The summed E-state index contributed by atoms with van der Waals surface area (Å²) in [6.45, 7) is 0. The van der Waals surface area contributed by atoms with E-state index < -0.39 is 0 Å². The van der Waals surface area contributed by atoms with Crippen LogP contribution in [0.15, 0.2) is 73.2 Å². The number of anilines is 1. The largest absolute Gasteiger partial charge is 0.397 e. The van der Waals surface area contributed by atoms with Gasteiger partial charge in [0.05, 0.1) is 34.1 Å². The summed E-state index contributed by atoms with van der Waals surface area (Å²) in [6.07, 6.45) is 5.05. The van der Waals surface area contributed by atoms with Gasteiger partial charge in [0, 0.05) is 28.9 Å². The van der Waals surface area contributed by atoms with Crippen LogP contribution in [0.2, 0.25) is 0 Å². The molecule has 32 heavy (non-hydrogen) atoms. The topological polar surface area (TPSA) is 109 Å². The summed E-state index contributed by atoms with van der Waals surface area (Å²) in [5.41, 5.74) is 13.0. The van der Waals surface area contributed by atoms with Crippen molar-refractivity contribution in [2.45, 2.75) is 0 Å². The van der Waals surface area contributed by atoms with Crippen molar-refractivity contribution in [1.82, 2.24) is 30.1 Å². The van der Waals surface area contributed by atoms with Gasteiger partial charge in [-0.1, -0.05) is 24.3 Å². The van der Waals surface area contributed by atoms with Crippen molar-refractivity contribution in [2.24, 2.45) is 0 Å². The van der Waals surface area contributed by atoms with Gasteiger partial charge in [-0.3, -0.25) is 15.1 Å². The number of aromatic amines is 2. The van der Waals surface area contributed by atoms with Crippen LogP contribution in [-0.4, -0.2) is 30.1 Å². The van der Waals surface area contributed by atoms with Gasteiger partial charge in [-0.2, -0.15) is 5.10 Å². The van der Waals surface area contributed by atoms with Gasteiger partial charge in [-0.25, -0.2) is 9.37 Å². The second-order valence-electron chi connectivity index (χ2n) is 7.49. The molecule has 0 unspecified atom stereocenters.